The van der Waals surface area contributed by atoms with Crippen molar-refractivity contribution in [3.63, 3.8) is 0 Å². The van der Waals surface area contributed by atoms with Gasteiger partial charge in [0.2, 0.25) is 0 Å². The molecule has 0 unspecified atom stereocenters. The smallest absolute Gasteiger partial charge is 0.0773 e. The van der Waals surface area contributed by atoms with Gasteiger partial charge in [0.15, 0.2) is 0 Å². The Kier molecular flexibility index (Phi) is 2.30. The van der Waals surface area contributed by atoms with Gasteiger partial charge in [-0.1, -0.05) is 29.8 Å². The van der Waals surface area contributed by atoms with Crippen molar-refractivity contribution in [3.8, 4) is 12.3 Å². The Bertz CT molecular complexity index is 258. The molecule has 1 aromatic carbocycles. The maximum Gasteiger partial charge on any atom is 0.0773 e. The molecule has 1 heteroatoms. The Hall–Kier alpha value is -1.00. The highest BCUT2D eigenvalue weighted by atomic mass is 28.2. The van der Waals surface area contributed by atoms with E-state index < -0.39 is 0 Å². The first-order chi connectivity index (χ1) is 4.86. The third-order valence-electron chi connectivity index (χ3n) is 1.32. The lowest BCUT2D eigenvalue weighted by Crippen LogP contribution is -2.09. The predicted molar refractivity (Wildman–Crippen MR) is 45.6 cm³/mol. The van der Waals surface area contributed by atoms with Crippen LogP contribution < -0.4 is 5.19 Å². The van der Waals surface area contributed by atoms with Crippen LogP contribution in [0.2, 0.25) is 6.55 Å². The second kappa shape index (κ2) is 3.24. The van der Waals surface area contributed by atoms with Crippen LogP contribution in [0.5, 0.6) is 0 Å². The molecule has 10 heavy (non-hydrogen) atoms. The molecule has 0 N–H and O–H groups in total. The normalized spacial score (nSPS) is 8.80. The number of rotatable bonds is 1. The van der Waals surface area contributed by atoms with Crippen LogP contribution in [0.3, 0.4) is 0 Å². The summed E-state index contributed by atoms with van der Waals surface area (Å²) in [4.78, 5) is 0. The molecule has 0 heterocycles. The molecule has 0 fully saturated rings. The first-order valence-electron chi connectivity index (χ1n) is 3.11. The molecule has 0 bridgehead atoms. The fraction of sp³-hybridized carbons (Fsp3) is 0.111. The van der Waals surface area contributed by atoms with Crippen molar-refractivity contribution in [1.29, 1.82) is 0 Å². The van der Waals surface area contributed by atoms with Gasteiger partial charge < -0.3 is 0 Å². The van der Waals surface area contributed by atoms with Crippen molar-refractivity contribution in [2.24, 2.45) is 0 Å². The maximum atomic E-state index is 5.23. The van der Waals surface area contributed by atoms with Crippen molar-refractivity contribution in [2.45, 2.75) is 6.55 Å². The molecule has 2 radical (unpaired) electrons. The molecule has 1 rings (SSSR count). The van der Waals surface area contributed by atoms with Gasteiger partial charge >= 0.3 is 0 Å². The molecular formula is C9H8Si. The van der Waals surface area contributed by atoms with Gasteiger partial charge in [-0.3, -0.25) is 0 Å². The lowest BCUT2D eigenvalue weighted by Gasteiger charge is -1.94. The van der Waals surface area contributed by atoms with Crippen molar-refractivity contribution < 1.29 is 0 Å². The van der Waals surface area contributed by atoms with Crippen molar-refractivity contribution >= 4 is 14.7 Å². The minimum Gasteiger partial charge on any atom is -0.115 e. The lowest BCUT2D eigenvalue weighted by atomic mass is 10.2. The molecule has 48 valence electrons. The summed E-state index contributed by atoms with van der Waals surface area (Å²) >= 11 is 0. The van der Waals surface area contributed by atoms with Crippen LogP contribution in [-0.4, -0.2) is 9.52 Å². The predicted octanol–water partition coefficient (Wildman–Crippen LogP) is 1.05. The summed E-state index contributed by atoms with van der Waals surface area (Å²) in [6.07, 6.45) is 5.23. The zero-order valence-electron chi connectivity index (χ0n) is 5.89. The Morgan fingerprint density at radius 1 is 1.50 bits per heavy atom. The fourth-order valence-corrected chi connectivity index (χ4v) is 1.33. The van der Waals surface area contributed by atoms with Crippen LogP contribution in [0, 0.1) is 12.3 Å². The van der Waals surface area contributed by atoms with E-state index in [2.05, 4.69) is 24.6 Å². The van der Waals surface area contributed by atoms with Crippen LogP contribution in [0.25, 0.3) is 0 Å². The third kappa shape index (κ3) is 1.49. The summed E-state index contributed by atoms with van der Waals surface area (Å²) in [6.45, 7) is 2.15. The largest absolute Gasteiger partial charge is 0.115 e. The highest BCUT2D eigenvalue weighted by molar-refractivity contribution is 6.51. The van der Waals surface area contributed by atoms with Crippen LogP contribution >= 0.6 is 0 Å². The molecular weight excluding hydrogens is 136 g/mol. The number of terminal acetylenes is 1. The Morgan fingerprint density at radius 3 is 2.90 bits per heavy atom. The molecule has 1 aromatic rings. The van der Waals surface area contributed by atoms with E-state index in [-0.39, 0.29) is 0 Å². The van der Waals surface area contributed by atoms with E-state index in [1.165, 1.54) is 5.19 Å². The average Bonchev–Trinajstić information content (AvgIpc) is 2.05. The van der Waals surface area contributed by atoms with E-state index in [9.17, 15) is 0 Å². The minimum atomic E-state index is 0.834. The van der Waals surface area contributed by atoms with Gasteiger partial charge in [-0.05, 0) is 12.1 Å². The minimum absolute atomic E-state index is 0.834. The molecule has 0 saturated carbocycles. The van der Waals surface area contributed by atoms with E-state index in [4.69, 9.17) is 6.42 Å². The summed E-state index contributed by atoms with van der Waals surface area (Å²) in [5, 5.41) is 1.33. The first kappa shape index (κ1) is 7.11. The molecule has 0 aliphatic carbocycles. The SMILES string of the molecule is C#Cc1cccc([Si]C)c1. The Labute approximate surface area is 64.1 Å². The van der Waals surface area contributed by atoms with Gasteiger partial charge in [0.25, 0.3) is 0 Å². The molecule has 0 nitrogen and oxygen atoms in total. The molecule has 0 atom stereocenters. The van der Waals surface area contributed by atoms with Gasteiger partial charge in [-0.2, -0.15) is 0 Å². The standard InChI is InChI=1S/C9H8Si/c1-3-8-5-4-6-9(7-8)10-2/h1,4-7H,2H3. The van der Waals surface area contributed by atoms with Gasteiger partial charge in [-0.25, -0.2) is 0 Å². The molecule has 0 aliphatic heterocycles. The van der Waals surface area contributed by atoms with Gasteiger partial charge in [0.1, 0.15) is 0 Å². The lowest BCUT2D eigenvalue weighted by molar-refractivity contribution is 1.69. The second-order valence-corrected chi connectivity index (χ2v) is 3.05. The third-order valence-corrected chi connectivity index (χ3v) is 2.21. The zero-order valence-corrected chi connectivity index (χ0v) is 6.89. The van der Waals surface area contributed by atoms with Gasteiger partial charge in [0.05, 0.1) is 9.52 Å². The summed E-state index contributed by atoms with van der Waals surface area (Å²) in [7, 11) is 0.834. The molecule has 0 spiro atoms. The van der Waals surface area contributed by atoms with Crippen LogP contribution in [0.4, 0.5) is 0 Å². The highest BCUT2D eigenvalue weighted by Crippen LogP contribution is 1.91. The number of benzene rings is 1. The topological polar surface area (TPSA) is 0 Å². The Morgan fingerprint density at radius 2 is 2.30 bits per heavy atom. The number of hydrogen-bond donors (Lipinski definition) is 0. The molecule has 0 aliphatic rings. The summed E-state index contributed by atoms with van der Waals surface area (Å²) in [5.41, 5.74) is 0.979. The average molecular weight is 144 g/mol. The summed E-state index contributed by atoms with van der Waals surface area (Å²) < 4.78 is 0. The quantitative estimate of drug-likeness (QED) is 0.408. The first-order valence-corrected chi connectivity index (χ1v) is 4.61. The van der Waals surface area contributed by atoms with E-state index >= 15 is 0 Å². The number of hydrogen-bond acceptors (Lipinski definition) is 0. The molecule has 0 saturated heterocycles. The van der Waals surface area contributed by atoms with Crippen molar-refractivity contribution in [3.05, 3.63) is 29.8 Å². The van der Waals surface area contributed by atoms with Crippen molar-refractivity contribution in [2.75, 3.05) is 0 Å². The van der Waals surface area contributed by atoms with Gasteiger partial charge in [0, 0.05) is 5.56 Å². The summed E-state index contributed by atoms with van der Waals surface area (Å²) in [6, 6.07) is 8.10. The van der Waals surface area contributed by atoms with E-state index in [0.717, 1.165) is 15.1 Å². The zero-order chi connectivity index (χ0) is 7.40. The van der Waals surface area contributed by atoms with E-state index in [1.807, 2.05) is 12.1 Å². The maximum absolute atomic E-state index is 5.23. The van der Waals surface area contributed by atoms with Crippen LogP contribution in [0.15, 0.2) is 24.3 Å². The monoisotopic (exact) mass is 144 g/mol. The van der Waals surface area contributed by atoms with Crippen LogP contribution in [-0.2, 0) is 0 Å². The molecule has 0 aromatic heterocycles. The molecule has 0 amide bonds. The summed E-state index contributed by atoms with van der Waals surface area (Å²) in [5.74, 6) is 2.61. The van der Waals surface area contributed by atoms with E-state index in [1.54, 1.807) is 0 Å². The second-order valence-electron chi connectivity index (χ2n) is 1.98. The Balaban J connectivity index is 3.01. The highest BCUT2D eigenvalue weighted by Gasteiger charge is 1.88. The van der Waals surface area contributed by atoms with E-state index in [0.29, 0.717) is 0 Å². The van der Waals surface area contributed by atoms with Gasteiger partial charge in [-0.15, -0.1) is 6.42 Å². The fourth-order valence-electron chi connectivity index (χ4n) is 0.764. The van der Waals surface area contributed by atoms with Crippen LogP contribution in [0.1, 0.15) is 5.56 Å². The van der Waals surface area contributed by atoms with Crippen molar-refractivity contribution in [1.82, 2.24) is 0 Å².